The third kappa shape index (κ3) is 5.58. The predicted octanol–water partition coefficient (Wildman–Crippen LogP) is 4.17. The summed E-state index contributed by atoms with van der Waals surface area (Å²) in [7, 11) is 0. The fourth-order valence-corrected chi connectivity index (χ4v) is 3.22. The van der Waals surface area contributed by atoms with Crippen molar-refractivity contribution < 1.29 is 19.1 Å². The van der Waals surface area contributed by atoms with Crippen molar-refractivity contribution in [2.75, 3.05) is 25.0 Å². The summed E-state index contributed by atoms with van der Waals surface area (Å²) < 4.78 is 5.11. The maximum atomic E-state index is 12.5. The SMILES string of the molecule is CCN(CC)C(=O)c1cccc(NC(=O)COC(=O)c2ccc3nc(Cl)ccc3c2)c1. The Bertz CT molecular complexity index is 1130. The molecule has 31 heavy (non-hydrogen) atoms. The summed E-state index contributed by atoms with van der Waals surface area (Å²) in [6.45, 7) is 4.55. The smallest absolute Gasteiger partial charge is 0.338 e. The Morgan fingerprint density at radius 2 is 1.77 bits per heavy atom. The summed E-state index contributed by atoms with van der Waals surface area (Å²) in [6, 6.07) is 14.9. The third-order valence-electron chi connectivity index (χ3n) is 4.67. The summed E-state index contributed by atoms with van der Waals surface area (Å²) in [5.41, 5.74) is 1.88. The van der Waals surface area contributed by atoms with Crippen molar-refractivity contribution in [2.24, 2.45) is 0 Å². The maximum absolute atomic E-state index is 12.5. The zero-order valence-electron chi connectivity index (χ0n) is 17.2. The quantitative estimate of drug-likeness (QED) is 0.441. The molecule has 0 spiro atoms. The number of hydrogen-bond acceptors (Lipinski definition) is 5. The van der Waals surface area contributed by atoms with Crippen LogP contribution < -0.4 is 5.32 Å². The second kappa shape index (κ2) is 10.0. The Morgan fingerprint density at radius 3 is 2.52 bits per heavy atom. The molecule has 0 aliphatic heterocycles. The van der Waals surface area contributed by atoms with E-state index in [1.807, 2.05) is 13.8 Å². The minimum absolute atomic E-state index is 0.111. The number of aromatic nitrogens is 1. The van der Waals surface area contributed by atoms with Crippen molar-refractivity contribution in [3.63, 3.8) is 0 Å². The van der Waals surface area contributed by atoms with E-state index < -0.39 is 18.5 Å². The Morgan fingerprint density at radius 1 is 1.00 bits per heavy atom. The van der Waals surface area contributed by atoms with Gasteiger partial charge in [0.2, 0.25) is 0 Å². The van der Waals surface area contributed by atoms with E-state index in [2.05, 4.69) is 10.3 Å². The van der Waals surface area contributed by atoms with Gasteiger partial charge in [0.05, 0.1) is 11.1 Å². The lowest BCUT2D eigenvalue weighted by Crippen LogP contribution is -2.30. The number of ether oxygens (including phenoxy) is 1. The van der Waals surface area contributed by atoms with Crippen molar-refractivity contribution in [1.82, 2.24) is 9.88 Å². The van der Waals surface area contributed by atoms with Gasteiger partial charge in [0.1, 0.15) is 5.15 Å². The van der Waals surface area contributed by atoms with E-state index in [9.17, 15) is 14.4 Å². The van der Waals surface area contributed by atoms with Gasteiger partial charge in [-0.25, -0.2) is 9.78 Å². The molecule has 0 unspecified atom stereocenters. The number of pyridine rings is 1. The van der Waals surface area contributed by atoms with Crippen LogP contribution in [0.4, 0.5) is 5.69 Å². The van der Waals surface area contributed by atoms with Gasteiger partial charge < -0.3 is 15.0 Å². The van der Waals surface area contributed by atoms with Gasteiger partial charge in [0, 0.05) is 29.7 Å². The molecule has 3 aromatic rings. The van der Waals surface area contributed by atoms with Crippen LogP contribution in [0, 0.1) is 0 Å². The number of halogens is 1. The van der Waals surface area contributed by atoms with Crippen LogP contribution in [0.25, 0.3) is 10.9 Å². The first-order valence-corrected chi connectivity index (χ1v) is 10.2. The molecule has 8 heteroatoms. The van der Waals surface area contributed by atoms with Crippen molar-refractivity contribution in [3.8, 4) is 0 Å². The number of fused-ring (bicyclic) bond motifs is 1. The minimum Gasteiger partial charge on any atom is -0.452 e. The summed E-state index contributed by atoms with van der Waals surface area (Å²) in [6.07, 6.45) is 0. The zero-order chi connectivity index (χ0) is 22.4. The van der Waals surface area contributed by atoms with Gasteiger partial charge in [0.25, 0.3) is 11.8 Å². The van der Waals surface area contributed by atoms with Gasteiger partial charge in [0.15, 0.2) is 6.61 Å². The van der Waals surface area contributed by atoms with Crippen LogP contribution in [0.3, 0.4) is 0 Å². The highest BCUT2D eigenvalue weighted by atomic mass is 35.5. The van der Waals surface area contributed by atoms with Crippen molar-refractivity contribution >= 4 is 46.0 Å². The van der Waals surface area contributed by atoms with Crippen LogP contribution in [0.1, 0.15) is 34.6 Å². The molecule has 3 rings (SSSR count). The first-order chi connectivity index (χ1) is 14.9. The number of nitrogens with one attached hydrogen (secondary N) is 1. The number of rotatable bonds is 7. The zero-order valence-corrected chi connectivity index (χ0v) is 18.0. The summed E-state index contributed by atoms with van der Waals surface area (Å²) in [4.78, 5) is 42.8. The highest BCUT2D eigenvalue weighted by molar-refractivity contribution is 6.29. The number of esters is 1. The molecular weight excluding hydrogens is 418 g/mol. The molecule has 0 aliphatic carbocycles. The van der Waals surface area contributed by atoms with Crippen LogP contribution in [-0.2, 0) is 9.53 Å². The van der Waals surface area contributed by atoms with Gasteiger partial charge in [-0.3, -0.25) is 9.59 Å². The molecule has 7 nitrogen and oxygen atoms in total. The molecule has 2 amide bonds. The van der Waals surface area contributed by atoms with Crippen LogP contribution in [0.5, 0.6) is 0 Å². The minimum atomic E-state index is -0.627. The lowest BCUT2D eigenvalue weighted by Gasteiger charge is -2.19. The Kier molecular flexibility index (Phi) is 7.20. The third-order valence-corrected chi connectivity index (χ3v) is 4.88. The normalized spacial score (nSPS) is 10.5. The summed E-state index contributed by atoms with van der Waals surface area (Å²) in [5.74, 6) is -1.24. The number of nitrogens with zero attached hydrogens (tertiary/aromatic N) is 2. The number of hydrogen-bond donors (Lipinski definition) is 1. The molecule has 0 aliphatic rings. The number of benzene rings is 2. The molecule has 1 N–H and O–H groups in total. The predicted molar refractivity (Wildman–Crippen MR) is 119 cm³/mol. The lowest BCUT2D eigenvalue weighted by atomic mass is 10.1. The van der Waals surface area contributed by atoms with Gasteiger partial charge in [-0.1, -0.05) is 17.7 Å². The average Bonchev–Trinajstić information content (AvgIpc) is 2.78. The molecule has 1 heterocycles. The van der Waals surface area contributed by atoms with Crippen molar-refractivity contribution in [3.05, 3.63) is 70.9 Å². The topological polar surface area (TPSA) is 88.6 Å². The maximum Gasteiger partial charge on any atom is 0.338 e. The van der Waals surface area contributed by atoms with E-state index >= 15 is 0 Å². The van der Waals surface area contributed by atoms with E-state index in [1.54, 1.807) is 59.5 Å². The second-order valence-corrected chi connectivity index (χ2v) is 7.11. The van der Waals surface area contributed by atoms with E-state index in [0.29, 0.717) is 40.6 Å². The molecule has 1 aromatic heterocycles. The van der Waals surface area contributed by atoms with E-state index in [-0.39, 0.29) is 5.91 Å². The van der Waals surface area contributed by atoms with Crippen LogP contribution >= 0.6 is 11.6 Å². The van der Waals surface area contributed by atoms with Crippen molar-refractivity contribution in [1.29, 1.82) is 0 Å². The fraction of sp³-hybridized carbons (Fsp3) is 0.217. The standard InChI is InChI=1S/C23H22ClN3O4/c1-3-27(4-2)22(29)16-6-5-7-18(13-16)25-21(28)14-31-23(30)17-8-10-19-15(12-17)9-11-20(24)26-19/h5-13H,3-4,14H2,1-2H3,(H,25,28). The molecule has 0 radical (unpaired) electrons. The van der Waals surface area contributed by atoms with E-state index in [4.69, 9.17) is 16.3 Å². The average molecular weight is 440 g/mol. The fourth-order valence-electron chi connectivity index (χ4n) is 3.06. The molecule has 2 aromatic carbocycles. The van der Waals surface area contributed by atoms with Crippen LogP contribution in [0.15, 0.2) is 54.6 Å². The van der Waals surface area contributed by atoms with Gasteiger partial charge in [-0.05, 0) is 62.4 Å². The van der Waals surface area contributed by atoms with E-state index in [1.165, 1.54) is 0 Å². The molecule has 0 saturated heterocycles. The molecular formula is C23H22ClN3O4. The number of amides is 2. The largest absolute Gasteiger partial charge is 0.452 e. The Hall–Kier alpha value is -3.45. The second-order valence-electron chi connectivity index (χ2n) is 6.72. The van der Waals surface area contributed by atoms with E-state index in [0.717, 1.165) is 5.39 Å². The summed E-state index contributed by atoms with van der Waals surface area (Å²) in [5, 5.41) is 3.74. The highest BCUT2D eigenvalue weighted by Crippen LogP contribution is 2.18. The Labute approximate surface area is 185 Å². The monoisotopic (exact) mass is 439 g/mol. The van der Waals surface area contributed by atoms with Gasteiger partial charge in [-0.2, -0.15) is 0 Å². The molecule has 0 saturated carbocycles. The van der Waals surface area contributed by atoms with Crippen LogP contribution in [-0.4, -0.2) is 47.4 Å². The molecule has 0 fully saturated rings. The molecule has 160 valence electrons. The molecule has 0 bridgehead atoms. The first kappa shape index (κ1) is 22.2. The Balaban J connectivity index is 1.60. The lowest BCUT2D eigenvalue weighted by molar-refractivity contribution is -0.119. The summed E-state index contributed by atoms with van der Waals surface area (Å²) >= 11 is 5.86. The number of anilines is 1. The molecule has 0 atom stereocenters. The van der Waals surface area contributed by atoms with Crippen molar-refractivity contribution in [2.45, 2.75) is 13.8 Å². The number of carbonyl (C=O) groups excluding carboxylic acids is 3. The van der Waals surface area contributed by atoms with Gasteiger partial charge >= 0.3 is 5.97 Å². The number of carbonyl (C=O) groups is 3. The highest BCUT2D eigenvalue weighted by Gasteiger charge is 2.14. The van der Waals surface area contributed by atoms with Gasteiger partial charge in [-0.15, -0.1) is 0 Å². The van der Waals surface area contributed by atoms with Crippen LogP contribution in [0.2, 0.25) is 5.15 Å². The first-order valence-electron chi connectivity index (χ1n) is 9.84.